The summed E-state index contributed by atoms with van der Waals surface area (Å²) in [6, 6.07) is 14.9. The summed E-state index contributed by atoms with van der Waals surface area (Å²) >= 11 is 0. The van der Waals surface area contributed by atoms with E-state index in [1.807, 2.05) is 0 Å². The molecule has 1 heterocycles. The molecule has 1 saturated heterocycles. The summed E-state index contributed by atoms with van der Waals surface area (Å²) in [5.41, 5.74) is 0.969. The third-order valence-electron chi connectivity index (χ3n) is 5.84. The largest absolute Gasteiger partial charge is 0.497 e. The number of likely N-dealkylation sites (tertiary alicyclic amines) is 1. The quantitative estimate of drug-likeness (QED) is 0.549. The van der Waals surface area contributed by atoms with Crippen molar-refractivity contribution in [1.29, 1.82) is 0 Å². The summed E-state index contributed by atoms with van der Waals surface area (Å²) in [7, 11) is 1.48. The van der Waals surface area contributed by atoms with Gasteiger partial charge in [0.25, 0.3) is 5.91 Å². The number of alkyl halides is 2. The Hall–Kier alpha value is -3.39. The molecular weight excluding hydrogens is 438 g/mol. The third-order valence-corrected chi connectivity index (χ3v) is 5.84. The summed E-state index contributed by atoms with van der Waals surface area (Å²) in [4.78, 5) is 13.3. The first kappa shape index (κ1) is 22.8. The molecule has 1 aliphatic heterocycles. The lowest BCUT2D eigenvalue weighted by Crippen LogP contribution is -2.39. The van der Waals surface area contributed by atoms with E-state index in [4.69, 9.17) is 4.74 Å². The Kier molecular flexibility index (Phi) is 6.12. The number of aliphatic hydroxyl groups excluding tert-OH is 1. The number of amides is 1. The topological polar surface area (TPSA) is 49.8 Å². The Morgan fingerprint density at radius 2 is 1.73 bits per heavy atom. The van der Waals surface area contributed by atoms with Gasteiger partial charge in [0.15, 0.2) is 0 Å². The number of halogens is 4. The molecule has 2 unspecified atom stereocenters. The molecule has 3 aromatic carbocycles. The van der Waals surface area contributed by atoms with Gasteiger partial charge in [-0.2, -0.15) is 8.78 Å². The highest BCUT2D eigenvalue weighted by atomic mass is 19.3. The van der Waals surface area contributed by atoms with Crippen molar-refractivity contribution in [1.82, 2.24) is 4.90 Å². The van der Waals surface area contributed by atoms with Gasteiger partial charge in [0.05, 0.1) is 13.2 Å². The molecule has 0 bridgehead atoms. The summed E-state index contributed by atoms with van der Waals surface area (Å²) < 4.78 is 62.9. The summed E-state index contributed by atoms with van der Waals surface area (Å²) in [6.07, 6.45) is -2.64. The minimum Gasteiger partial charge on any atom is -0.497 e. The van der Waals surface area contributed by atoms with Crippen LogP contribution in [-0.4, -0.2) is 41.1 Å². The van der Waals surface area contributed by atoms with Crippen molar-refractivity contribution in [2.45, 2.75) is 31.0 Å². The van der Waals surface area contributed by atoms with E-state index in [-0.39, 0.29) is 29.7 Å². The average Bonchev–Trinajstić information content (AvgIpc) is 2.96. The molecule has 4 nitrogen and oxygen atoms in total. The van der Waals surface area contributed by atoms with Crippen molar-refractivity contribution in [2.75, 3.05) is 7.11 Å². The van der Waals surface area contributed by atoms with E-state index in [0.717, 1.165) is 4.90 Å². The third kappa shape index (κ3) is 4.30. The number of carbonyl (C=O) groups is 1. The van der Waals surface area contributed by atoms with E-state index in [1.165, 1.54) is 49.6 Å². The molecule has 0 radical (unpaired) electrons. The number of hydrogen-bond acceptors (Lipinski definition) is 3. The first-order chi connectivity index (χ1) is 15.7. The molecule has 1 N–H and O–H groups in total. The number of nitrogens with zero attached hydrogens (tertiary/aromatic N) is 1. The number of carbonyl (C=O) groups excluding carboxylic acids is 1. The molecule has 4 rings (SSSR count). The van der Waals surface area contributed by atoms with Crippen LogP contribution < -0.4 is 4.74 Å². The maximum Gasteiger partial charge on any atom is 0.351 e. The van der Waals surface area contributed by atoms with Gasteiger partial charge in [0.1, 0.15) is 23.5 Å². The van der Waals surface area contributed by atoms with E-state index in [2.05, 4.69) is 0 Å². The van der Waals surface area contributed by atoms with Gasteiger partial charge in [0, 0.05) is 12.1 Å². The molecular formula is C25H21F4NO3. The van der Waals surface area contributed by atoms with Crippen molar-refractivity contribution in [3.63, 3.8) is 0 Å². The molecule has 2 atom stereocenters. The summed E-state index contributed by atoms with van der Waals surface area (Å²) in [6.45, 7) is -0.189. The Balaban J connectivity index is 1.66. The molecule has 8 heteroatoms. The standard InChI is InChI=1S/C25H21F4NO3/c1-33-19-10-8-15(9-11-19)14-30-21(23(31)25(28,29)24(30)32)13-17-5-3-7-20(22(17)27)16-4-2-6-18(26)12-16/h2-12,21,23,31H,13-14H2,1H3. The van der Waals surface area contributed by atoms with Crippen LogP contribution in [0.15, 0.2) is 66.7 Å². The first-order valence-electron chi connectivity index (χ1n) is 10.3. The number of ether oxygens (including phenoxy) is 1. The Labute approximate surface area is 188 Å². The maximum absolute atomic E-state index is 15.3. The zero-order valence-corrected chi connectivity index (χ0v) is 17.6. The van der Waals surface area contributed by atoms with Crippen LogP contribution in [0.25, 0.3) is 11.1 Å². The van der Waals surface area contributed by atoms with Gasteiger partial charge in [-0.15, -0.1) is 0 Å². The molecule has 0 aliphatic carbocycles. The monoisotopic (exact) mass is 459 g/mol. The van der Waals surface area contributed by atoms with Crippen molar-refractivity contribution < 1.29 is 32.2 Å². The first-order valence-corrected chi connectivity index (χ1v) is 10.3. The fraction of sp³-hybridized carbons (Fsp3) is 0.240. The zero-order chi connectivity index (χ0) is 23.8. The van der Waals surface area contributed by atoms with Crippen molar-refractivity contribution in [3.05, 3.63) is 89.5 Å². The second kappa shape index (κ2) is 8.86. The van der Waals surface area contributed by atoms with Crippen LogP contribution in [0.5, 0.6) is 5.75 Å². The predicted molar refractivity (Wildman–Crippen MR) is 114 cm³/mol. The molecule has 3 aromatic rings. The van der Waals surface area contributed by atoms with E-state index >= 15 is 4.39 Å². The normalized spacial score (nSPS) is 19.7. The molecule has 0 aromatic heterocycles. The highest BCUT2D eigenvalue weighted by Gasteiger charge is 2.61. The molecule has 1 fully saturated rings. The lowest BCUT2D eigenvalue weighted by molar-refractivity contribution is -0.155. The second-order valence-electron chi connectivity index (χ2n) is 7.91. The Morgan fingerprint density at radius 3 is 2.39 bits per heavy atom. The van der Waals surface area contributed by atoms with Crippen LogP contribution >= 0.6 is 0 Å². The number of aliphatic hydroxyl groups is 1. The SMILES string of the molecule is COc1ccc(CN2C(=O)C(F)(F)C(O)C2Cc2cccc(-c3cccc(F)c3)c2F)cc1. The second-order valence-corrected chi connectivity index (χ2v) is 7.91. The predicted octanol–water partition coefficient (Wildman–Crippen LogP) is 4.59. The van der Waals surface area contributed by atoms with Crippen LogP contribution in [0, 0.1) is 11.6 Å². The minimum atomic E-state index is -3.99. The van der Waals surface area contributed by atoms with Crippen molar-refractivity contribution in [3.8, 4) is 16.9 Å². The number of benzene rings is 3. The van der Waals surface area contributed by atoms with Crippen molar-refractivity contribution >= 4 is 5.91 Å². The van der Waals surface area contributed by atoms with Gasteiger partial charge in [-0.25, -0.2) is 8.78 Å². The molecule has 0 spiro atoms. The van der Waals surface area contributed by atoms with E-state index in [9.17, 15) is 23.1 Å². The fourth-order valence-electron chi connectivity index (χ4n) is 4.06. The Morgan fingerprint density at radius 1 is 1.03 bits per heavy atom. The van der Waals surface area contributed by atoms with Crippen LogP contribution in [0.2, 0.25) is 0 Å². The fourth-order valence-corrected chi connectivity index (χ4v) is 4.06. The number of hydrogen-bond donors (Lipinski definition) is 1. The van der Waals surface area contributed by atoms with Gasteiger partial charge in [-0.05, 0) is 47.4 Å². The molecule has 0 saturated carbocycles. The highest BCUT2D eigenvalue weighted by molar-refractivity contribution is 5.87. The van der Waals surface area contributed by atoms with Crippen LogP contribution in [0.1, 0.15) is 11.1 Å². The molecule has 33 heavy (non-hydrogen) atoms. The summed E-state index contributed by atoms with van der Waals surface area (Å²) in [5, 5.41) is 10.3. The van der Waals surface area contributed by atoms with Gasteiger partial charge in [-0.3, -0.25) is 4.79 Å². The van der Waals surface area contributed by atoms with E-state index < -0.39 is 35.6 Å². The van der Waals surface area contributed by atoms with E-state index in [0.29, 0.717) is 11.3 Å². The molecule has 1 aliphatic rings. The van der Waals surface area contributed by atoms with Crippen molar-refractivity contribution in [2.24, 2.45) is 0 Å². The minimum absolute atomic E-state index is 0.0334. The average molecular weight is 459 g/mol. The summed E-state index contributed by atoms with van der Waals surface area (Å²) in [5.74, 6) is -6.21. The van der Waals surface area contributed by atoms with Gasteiger partial charge in [0.2, 0.25) is 0 Å². The van der Waals surface area contributed by atoms with Crippen LogP contribution in [0.4, 0.5) is 17.6 Å². The molecule has 1 amide bonds. The van der Waals surface area contributed by atoms with Gasteiger partial charge >= 0.3 is 5.92 Å². The molecule has 172 valence electrons. The number of rotatable bonds is 6. The highest BCUT2D eigenvalue weighted by Crippen LogP contribution is 2.37. The number of methoxy groups -OCH3 is 1. The maximum atomic E-state index is 15.3. The van der Waals surface area contributed by atoms with Crippen LogP contribution in [-0.2, 0) is 17.8 Å². The Bertz CT molecular complexity index is 1170. The van der Waals surface area contributed by atoms with Gasteiger partial charge in [-0.1, -0.05) is 42.5 Å². The van der Waals surface area contributed by atoms with Crippen LogP contribution in [0.3, 0.4) is 0 Å². The zero-order valence-electron chi connectivity index (χ0n) is 17.6. The van der Waals surface area contributed by atoms with E-state index in [1.54, 1.807) is 24.3 Å². The lowest BCUT2D eigenvalue weighted by atomic mass is 9.96. The van der Waals surface area contributed by atoms with Gasteiger partial charge < -0.3 is 14.7 Å². The smallest absolute Gasteiger partial charge is 0.351 e. The lowest BCUT2D eigenvalue weighted by Gasteiger charge is -2.26.